The van der Waals surface area contributed by atoms with Crippen LogP contribution in [0.3, 0.4) is 0 Å². The van der Waals surface area contributed by atoms with Crippen molar-refractivity contribution in [3.05, 3.63) is 34.3 Å². The molecule has 1 atom stereocenters. The van der Waals surface area contributed by atoms with Crippen LogP contribution in [0, 0.1) is 6.92 Å². The third kappa shape index (κ3) is 1.67. The van der Waals surface area contributed by atoms with E-state index in [1.807, 2.05) is 6.07 Å². The second-order valence-corrected chi connectivity index (χ2v) is 4.86. The molecule has 2 heteroatoms. The van der Waals surface area contributed by atoms with Crippen LogP contribution < -0.4 is 5.32 Å². The molecule has 1 aliphatic rings. The summed E-state index contributed by atoms with van der Waals surface area (Å²) in [7, 11) is 0. The fraction of sp³-hybridized carbons (Fsp3) is 0.500. The number of aryl methyl sites for hydroxylation is 1. The first-order chi connectivity index (χ1) is 6.62. The lowest BCUT2D eigenvalue weighted by molar-refractivity contribution is 0.525. The summed E-state index contributed by atoms with van der Waals surface area (Å²) in [4.78, 5) is 0. The number of hydrogen-bond acceptors (Lipinski definition) is 1. The van der Waals surface area contributed by atoms with Crippen molar-refractivity contribution < 1.29 is 0 Å². The molecule has 0 aliphatic carbocycles. The Labute approximate surface area is 90.5 Å². The molecule has 0 aromatic heterocycles. The zero-order valence-corrected chi connectivity index (χ0v) is 9.49. The average molecular weight is 210 g/mol. The molecule has 76 valence electrons. The smallest absolute Gasteiger partial charge is 0.0435 e. The molecule has 0 saturated carbocycles. The molecule has 2 rings (SSSR count). The highest BCUT2D eigenvalue weighted by Gasteiger charge is 2.30. The van der Waals surface area contributed by atoms with Crippen LogP contribution in [0.4, 0.5) is 0 Å². The lowest BCUT2D eigenvalue weighted by Crippen LogP contribution is -2.24. The number of benzene rings is 1. The van der Waals surface area contributed by atoms with Crippen LogP contribution in [0.1, 0.15) is 24.5 Å². The Kier molecular flexibility index (Phi) is 2.54. The van der Waals surface area contributed by atoms with E-state index in [0.717, 1.165) is 18.1 Å². The van der Waals surface area contributed by atoms with E-state index in [0.29, 0.717) is 5.41 Å². The molecule has 1 saturated heterocycles. The van der Waals surface area contributed by atoms with Crippen LogP contribution in [-0.2, 0) is 5.41 Å². The van der Waals surface area contributed by atoms with Gasteiger partial charge in [0.05, 0.1) is 0 Å². The largest absolute Gasteiger partial charge is 0.316 e. The van der Waals surface area contributed by atoms with Gasteiger partial charge in [-0.05, 0) is 37.1 Å². The van der Waals surface area contributed by atoms with Crippen molar-refractivity contribution >= 4 is 11.6 Å². The second-order valence-electron chi connectivity index (χ2n) is 4.45. The van der Waals surface area contributed by atoms with E-state index in [4.69, 9.17) is 11.6 Å². The third-order valence-electron chi connectivity index (χ3n) is 3.22. The fourth-order valence-electron chi connectivity index (χ4n) is 2.08. The van der Waals surface area contributed by atoms with Crippen molar-refractivity contribution in [2.75, 3.05) is 13.1 Å². The minimum atomic E-state index is 0.301. The van der Waals surface area contributed by atoms with E-state index < -0.39 is 0 Å². The highest BCUT2D eigenvalue weighted by molar-refractivity contribution is 6.31. The zero-order chi connectivity index (χ0) is 10.2. The molecule has 1 aromatic rings. The molecule has 1 nitrogen and oxygen atoms in total. The predicted octanol–water partition coefficient (Wildman–Crippen LogP) is 2.90. The normalized spacial score (nSPS) is 26.8. The van der Waals surface area contributed by atoms with E-state index in [2.05, 4.69) is 31.3 Å². The van der Waals surface area contributed by atoms with Gasteiger partial charge in [-0.2, -0.15) is 0 Å². The maximum absolute atomic E-state index is 6.02. The van der Waals surface area contributed by atoms with Crippen LogP contribution in [0.5, 0.6) is 0 Å². The molecular weight excluding hydrogens is 194 g/mol. The van der Waals surface area contributed by atoms with Crippen LogP contribution in [0.2, 0.25) is 5.02 Å². The Balaban J connectivity index is 2.36. The van der Waals surface area contributed by atoms with Crippen LogP contribution >= 0.6 is 11.6 Å². The highest BCUT2D eigenvalue weighted by Crippen LogP contribution is 2.31. The van der Waals surface area contributed by atoms with E-state index in [1.165, 1.54) is 17.5 Å². The second kappa shape index (κ2) is 3.56. The number of halogens is 1. The van der Waals surface area contributed by atoms with Gasteiger partial charge in [-0.15, -0.1) is 0 Å². The van der Waals surface area contributed by atoms with Gasteiger partial charge < -0.3 is 5.32 Å². The molecule has 0 amide bonds. The van der Waals surface area contributed by atoms with Gasteiger partial charge in [0.25, 0.3) is 0 Å². The van der Waals surface area contributed by atoms with Gasteiger partial charge in [-0.3, -0.25) is 0 Å². The molecule has 0 bridgehead atoms. The van der Waals surface area contributed by atoms with Crippen LogP contribution in [-0.4, -0.2) is 13.1 Å². The molecular formula is C12H16ClN. The summed E-state index contributed by atoms with van der Waals surface area (Å²) in [6.07, 6.45) is 1.22. The summed E-state index contributed by atoms with van der Waals surface area (Å²) < 4.78 is 0. The zero-order valence-electron chi connectivity index (χ0n) is 8.73. The maximum Gasteiger partial charge on any atom is 0.0435 e. The Morgan fingerprint density at radius 1 is 1.43 bits per heavy atom. The van der Waals surface area contributed by atoms with Crippen LogP contribution in [0.15, 0.2) is 18.2 Å². The molecule has 1 fully saturated rings. The lowest BCUT2D eigenvalue weighted by Gasteiger charge is -2.23. The van der Waals surface area contributed by atoms with Gasteiger partial charge in [-0.1, -0.05) is 30.7 Å². The Morgan fingerprint density at radius 3 is 2.79 bits per heavy atom. The number of hydrogen-bond donors (Lipinski definition) is 1. The average Bonchev–Trinajstić information content (AvgIpc) is 2.58. The Morgan fingerprint density at radius 2 is 2.21 bits per heavy atom. The number of rotatable bonds is 1. The summed E-state index contributed by atoms with van der Waals surface area (Å²) in [5, 5.41) is 4.28. The summed E-state index contributed by atoms with van der Waals surface area (Å²) in [5.41, 5.74) is 2.89. The standard InChI is InChI=1S/C12H16ClN/c1-9-7-10(3-4-11(9)13)12(2)5-6-14-8-12/h3-4,7,14H,5-6,8H2,1-2H3. The van der Waals surface area contributed by atoms with E-state index in [-0.39, 0.29) is 0 Å². The number of nitrogens with one attached hydrogen (secondary N) is 1. The Bertz CT molecular complexity index is 340. The van der Waals surface area contributed by atoms with Crippen molar-refractivity contribution in [3.63, 3.8) is 0 Å². The first-order valence-corrected chi connectivity index (χ1v) is 5.47. The summed E-state index contributed by atoms with van der Waals surface area (Å²) >= 11 is 6.02. The SMILES string of the molecule is Cc1cc(C2(C)CCNC2)ccc1Cl. The molecule has 0 radical (unpaired) electrons. The topological polar surface area (TPSA) is 12.0 Å². The van der Waals surface area contributed by atoms with Crippen molar-refractivity contribution in [3.8, 4) is 0 Å². The monoisotopic (exact) mass is 209 g/mol. The van der Waals surface area contributed by atoms with Crippen molar-refractivity contribution in [1.29, 1.82) is 0 Å². The summed E-state index contributed by atoms with van der Waals surface area (Å²) in [5.74, 6) is 0. The predicted molar refractivity (Wildman–Crippen MR) is 61.0 cm³/mol. The van der Waals surface area contributed by atoms with Gasteiger partial charge in [0.1, 0.15) is 0 Å². The molecule has 1 aliphatic heterocycles. The minimum Gasteiger partial charge on any atom is -0.316 e. The van der Waals surface area contributed by atoms with Gasteiger partial charge in [-0.25, -0.2) is 0 Å². The van der Waals surface area contributed by atoms with Crippen molar-refractivity contribution in [1.82, 2.24) is 5.32 Å². The first kappa shape index (κ1) is 10.0. The van der Waals surface area contributed by atoms with Gasteiger partial charge >= 0.3 is 0 Å². The summed E-state index contributed by atoms with van der Waals surface area (Å²) in [6, 6.07) is 6.38. The maximum atomic E-state index is 6.02. The van der Waals surface area contributed by atoms with E-state index in [9.17, 15) is 0 Å². The van der Waals surface area contributed by atoms with Gasteiger partial charge in [0.15, 0.2) is 0 Å². The van der Waals surface area contributed by atoms with Crippen LogP contribution in [0.25, 0.3) is 0 Å². The highest BCUT2D eigenvalue weighted by atomic mass is 35.5. The molecule has 14 heavy (non-hydrogen) atoms. The fourth-order valence-corrected chi connectivity index (χ4v) is 2.20. The third-order valence-corrected chi connectivity index (χ3v) is 3.65. The molecule has 0 spiro atoms. The van der Waals surface area contributed by atoms with E-state index >= 15 is 0 Å². The lowest BCUT2D eigenvalue weighted by atomic mass is 9.81. The molecule has 1 heterocycles. The van der Waals surface area contributed by atoms with Gasteiger partial charge in [0, 0.05) is 17.0 Å². The van der Waals surface area contributed by atoms with Crippen molar-refractivity contribution in [2.24, 2.45) is 0 Å². The molecule has 1 unspecified atom stereocenters. The molecule has 1 aromatic carbocycles. The molecule has 1 N–H and O–H groups in total. The Hall–Kier alpha value is -0.530. The first-order valence-electron chi connectivity index (χ1n) is 5.09. The minimum absolute atomic E-state index is 0.301. The van der Waals surface area contributed by atoms with Gasteiger partial charge in [0.2, 0.25) is 0 Å². The van der Waals surface area contributed by atoms with E-state index in [1.54, 1.807) is 0 Å². The summed E-state index contributed by atoms with van der Waals surface area (Å²) in [6.45, 7) is 6.58. The van der Waals surface area contributed by atoms with Crippen molar-refractivity contribution in [2.45, 2.75) is 25.7 Å². The quantitative estimate of drug-likeness (QED) is 0.750.